The van der Waals surface area contributed by atoms with Crippen molar-refractivity contribution in [3.05, 3.63) is 29.8 Å². The number of aliphatic hydroxyl groups is 1. The highest BCUT2D eigenvalue weighted by atomic mass is 32.2. The molecule has 1 aromatic rings. The second kappa shape index (κ2) is 8.52. The monoisotopic (exact) mass is 382 g/mol. The summed E-state index contributed by atoms with van der Waals surface area (Å²) in [4.78, 5) is 2.19. The molecular weight excluding hydrogens is 352 g/mol. The molecule has 0 spiro atoms. The second-order valence-electron chi connectivity index (χ2n) is 7.21. The van der Waals surface area contributed by atoms with Crippen molar-refractivity contribution in [2.24, 2.45) is 5.92 Å². The van der Waals surface area contributed by atoms with Gasteiger partial charge in [0.25, 0.3) is 0 Å². The van der Waals surface area contributed by atoms with Gasteiger partial charge in [-0.15, -0.1) is 0 Å². The fourth-order valence-corrected chi connectivity index (χ4v) is 4.94. The molecule has 0 aromatic heterocycles. The van der Waals surface area contributed by atoms with E-state index in [4.69, 9.17) is 4.74 Å². The van der Waals surface area contributed by atoms with Gasteiger partial charge in [-0.1, -0.05) is 25.1 Å². The van der Waals surface area contributed by atoms with Crippen molar-refractivity contribution in [3.63, 3.8) is 0 Å². The number of allylic oxidation sites excluding steroid dienone is 1. The largest absolute Gasteiger partial charge is 0.487 e. The second-order valence-corrected chi connectivity index (χ2v) is 9.07. The van der Waals surface area contributed by atoms with E-state index in [1.807, 2.05) is 45.0 Å². The van der Waals surface area contributed by atoms with Crippen LogP contribution in [-0.4, -0.2) is 68.7 Å². The molecule has 6 nitrogen and oxygen atoms in total. The van der Waals surface area contributed by atoms with Crippen molar-refractivity contribution >= 4 is 16.1 Å². The van der Waals surface area contributed by atoms with Gasteiger partial charge in [-0.2, -0.15) is 4.31 Å². The first-order valence-corrected chi connectivity index (χ1v) is 10.4. The summed E-state index contributed by atoms with van der Waals surface area (Å²) in [7, 11) is 0.178. The van der Waals surface area contributed by atoms with Crippen molar-refractivity contribution in [3.8, 4) is 5.75 Å². The van der Waals surface area contributed by atoms with Crippen LogP contribution in [0.15, 0.2) is 29.2 Å². The van der Waals surface area contributed by atoms with Crippen molar-refractivity contribution < 1.29 is 18.3 Å². The fourth-order valence-electron chi connectivity index (χ4n) is 3.12. The van der Waals surface area contributed by atoms with E-state index in [-0.39, 0.29) is 23.5 Å². The minimum Gasteiger partial charge on any atom is -0.487 e. The Morgan fingerprint density at radius 3 is 2.69 bits per heavy atom. The van der Waals surface area contributed by atoms with Crippen LogP contribution in [-0.2, 0) is 10.0 Å². The van der Waals surface area contributed by atoms with Gasteiger partial charge >= 0.3 is 0 Å². The molecule has 7 heteroatoms. The van der Waals surface area contributed by atoms with Gasteiger partial charge in [0, 0.05) is 25.0 Å². The van der Waals surface area contributed by atoms with Gasteiger partial charge in [0.05, 0.1) is 6.61 Å². The number of sulfonamides is 1. The molecule has 1 heterocycles. The number of likely N-dealkylation sites (N-methyl/N-ethyl adjacent to an activating group) is 1. The zero-order valence-electron chi connectivity index (χ0n) is 16.2. The molecule has 0 saturated heterocycles. The number of nitrogens with zero attached hydrogens (tertiary/aromatic N) is 2. The van der Waals surface area contributed by atoms with Crippen LogP contribution in [0.2, 0.25) is 0 Å². The molecule has 0 unspecified atom stereocenters. The lowest BCUT2D eigenvalue weighted by molar-refractivity contribution is 0.0812. The molecule has 26 heavy (non-hydrogen) atoms. The third kappa shape index (κ3) is 4.46. The molecule has 0 amide bonds. The average molecular weight is 383 g/mol. The number of fused-ring (bicyclic) bond motifs is 1. The van der Waals surface area contributed by atoms with Crippen molar-refractivity contribution in [2.75, 3.05) is 33.8 Å². The normalized spacial score (nSPS) is 24.7. The third-order valence-corrected chi connectivity index (χ3v) is 6.61. The molecule has 0 aliphatic carbocycles. The molecule has 1 N–H and O–H groups in total. The fraction of sp³-hybridized carbons (Fsp3) is 0.579. The van der Waals surface area contributed by atoms with E-state index in [1.165, 1.54) is 4.31 Å². The van der Waals surface area contributed by atoms with Crippen molar-refractivity contribution in [1.29, 1.82) is 0 Å². The van der Waals surface area contributed by atoms with Crippen molar-refractivity contribution in [1.82, 2.24) is 9.21 Å². The molecule has 3 atom stereocenters. The van der Waals surface area contributed by atoms with Crippen molar-refractivity contribution in [2.45, 2.75) is 37.8 Å². The van der Waals surface area contributed by atoms with Crippen LogP contribution in [0.25, 0.3) is 6.08 Å². The number of aliphatic hydroxyl groups excluding tert-OH is 1. The molecule has 1 aromatic carbocycles. The van der Waals surface area contributed by atoms with Crippen LogP contribution in [0.4, 0.5) is 0 Å². The minimum absolute atomic E-state index is 0.0281. The summed E-state index contributed by atoms with van der Waals surface area (Å²) < 4.78 is 34.1. The summed E-state index contributed by atoms with van der Waals surface area (Å²) in [6.07, 6.45) is 3.65. The van der Waals surface area contributed by atoms with Crippen LogP contribution in [0.3, 0.4) is 0 Å². The molecule has 1 aliphatic heterocycles. The molecule has 0 saturated carbocycles. The molecule has 1 aliphatic rings. The topological polar surface area (TPSA) is 70.1 Å². The summed E-state index contributed by atoms with van der Waals surface area (Å²) in [5.41, 5.74) is 0.889. The van der Waals surface area contributed by atoms with E-state index in [0.717, 1.165) is 5.56 Å². The van der Waals surface area contributed by atoms with Gasteiger partial charge in [-0.25, -0.2) is 8.42 Å². The van der Waals surface area contributed by atoms with Crippen LogP contribution < -0.4 is 4.74 Å². The van der Waals surface area contributed by atoms with Crippen LogP contribution in [0, 0.1) is 5.92 Å². The smallest absolute Gasteiger partial charge is 0.247 e. The molecule has 146 valence electrons. The van der Waals surface area contributed by atoms with E-state index >= 15 is 0 Å². The lowest BCUT2D eigenvalue weighted by Gasteiger charge is -2.37. The molecule has 0 fully saturated rings. The maximum absolute atomic E-state index is 13.2. The van der Waals surface area contributed by atoms with Crippen LogP contribution in [0.5, 0.6) is 5.75 Å². The maximum Gasteiger partial charge on any atom is 0.247 e. The summed E-state index contributed by atoms with van der Waals surface area (Å²) >= 11 is 0. The average Bonchev–Trinajstić information content (AvgIpc) is 2.57. The first kappa shape index (κ1) is 20.9. The van der Waals surface area contributed by atoms with Gasteiger partial charge in [0.2, 0.25) is 10.0 Å². The number of benzene rings is 1. The SMILES string of the molecule is C/C=C/c1ccc2c(c1)O[C@@H](CN(C)C)[C@H](C)CN([C@@H](C)CO)S2(=O)=O. The summed E-state index contributed by atoms with van der Waals surface area (Å²) in [5.74, 6) is 0.342. The lowest BCUT2D eigenvalue weighted by Crippen LogP contribution is -2.49. The first-order chi connectivity index (χ1) is 12.2. The van der Waals surface area contributed by atoms with Gasteiger partial charge in [-0.05, 0) is 45.6 Å². The third-order valence-electron chi connectivity index (χ3n) is 4.60. The number of hydrogen-bond acceptors (Lipinski definition) is 5. The van der Waals surface area contributed by atoms with E-state index in [2.05, 4.69) is 0 Å². The van der Waals surface area contributed by atoms with Gasteiger partial charge in [0.15, 0.2) is 0 Å². The lowest BCUT2D eigenvalue weighted by atomic mass is 10.0. The first-order valence-electron chi connectivity index (χ1n) is 8.91. The minimum atomic E-state index is -3.76. The van der Waals surface area contributed by atoms with Crippen LogP contribution in [0.1, 0.15) is 26.3 Å². The predicted molar refractivity (Wildman–Crippen MR) is 104 cm³/mol. The molecule has 0 radical (unpaired) electrons. The van der Waals surface area contributed by atoms with Gasteiger partial charge < -0.3 is 14.7 Å². The Balaban J connectivity index is 2.61. The molecule has 2 rings (SSSR count). The van der Waals surface area contributed by atoms with E-state index in [9.17, 15) is 13.5 Å². The molecule has 0 bridgehead atoms. The van der Waals surface area contributed by atoms with E-state index in [0.29, 0.717) is 18.8 Å². The highest BCUT2D eigenvalue weighted by Gasteiger charge is 2.37. The Labute approximate surface area is 157 Å². The highest BCUT2D eigenvalue weighted by molar-refractivity contribution is 7.89. The van der Waals surface area contributed by atoms with Crippen LogP contribution >= 0.6 is 0 Å². The Morgan fingerprint density at radius 2 is 2.12 bits per heavy atom. The maximum atomic E-state index is 13.2. The van der Waals surface area contributed by atoms with Gasteiger partial charge in [-0.3, -0.25) is 0 Å². The number of hydrogen-bond donors (Lipinski definition) is 1. The standard InChI is InChI=1S/C19H30N2O4S/c1-6-7-16-8-9-19-17(10-16)25-18(12-20(4)5)14(2)11-21(15(3)13-22)26(19,23)24/h6-10,14-15,18,22H,11-13H2,1-5H3/b7-6+/t14-,15+,18+/m1/s1. The summed E-state index contributed by atoms with van der Waals surface area (Å²) in [5, 5.41) is 9.59. The Bertz CT molecular complexity index is 746. The number of ether oxygens (including phenoxy) is 1. The summed E-state index contributed by atoms with van der Waals surface area (Å²) in [6, 6.07) is 4.64. The zero-order chi connectivity index (χ0) is 19.5. The van der Waals surface area contributed by atoms with Gasteiger partial charge in [0.1, 0.15) is 16.7 Å². The zero-order valence-corrected chi connectivity index (χ0v) is 17.0. The Kier molecular flexibility index (Phi) is 6.85. The Hall–Kier alpha value is -1.41. The summed E-state index contributed by atoms with van der Waals surface area (Å²) in [6.45, 7) is 6.38. The predicted octanol–water partition coefficient (Wildman–Crippen LogP) is 2.05. The number of rotatable bonds is 5. The van der Waals surface area contributed by atoms with E-state index in [1.54, 1.807) is 25.1 Å². The highest BCUT2D eigenvalue weighted by Crippen LogP contribution is 2.34. The Morgan fingerprint density at radius 1 is 1.42 bits per heavy atom. The van der Waals surface area contributed by atoms with E-state index < -0.39 is 16.1 Å². The molecular formula is C19H30N2O4S. The quantitative estimate of drug-likeness (QED) is 0.844.